The maximum absolute atomic E-state index is 10.6. The van der Waals surface area contributed by atoms with Crippen molar-refractivity contribution in [3.05, 3.63) is 65.0 Å². The van der Waals surface area contributed by atoms with E-state index in [0.29, 0.717) is 0 Å². The summed E-state index contributed by atoms with van der Waals surface area (Å²) < 4.78 is 0. The third-order valence-electron chi connectivity index (χ3n) is 3.05. The van der Waals surface area contributed by atoms with Gasteiger partial charge in [0.05, 0.1) is 0 Å². The second kappa shape index (κ2) is 4.30. The van der Waals surface area contributed by atoms with Gasteiger partial charge in [-0.05, 0) is 38.0 Å². The molecule has 0 spiro atoms. The molecule has 2 heteroatoms. The molecule has 2 nitrogen and oxygen atoms in total. The Bertz CT molecular complexity index is 515. The van der Waals surface area contributed by atoms with Crippen LogP contribution >= 0.6 is 0 Å². The normalized spacial score (nSPS) is 14.4. The topological polar surface area (TPSA) is 33.1 Å². The van der Waals surface area contributed by atoms with Crippen LogP contribution in [0.1, 0.15) is 29.2 Å². The number of benzene rings is 1. The standard InChI is InChI=1S/C15H17NO/c1-11-4-6-13(7-5-11)15(3,17)14-8-12(2)9-16-10-14/h4-10,17H,1-3H3. The summed E-state index contributed by atoms with van der Waals surface area (Å²) in [4.78, 5) is 4.13. The maximum Gasteiger partial charge on any atom is 0.113 e. The highest BCUT2D eigenvalue weighted by Crippen LogP contribution is 2.28. The number of aryl methyl sites for hydroxylation is 2. The van der Waals surface area contributed by atoms with Crippen molar-refractivity contribution in [1.29, 1.82) is 0 Å². The fraction of sp³-hybridized carbons (Fsp3) is 0.267. The monoisotopic (exact) mass is 227 g/mol. The molecular formula is C15H17NO. The van der Waals surface area contributed by atoms with Gasteiger partial charge in [0.15, 0.2) is 0 Å². The van der Waals surface area contributed by atoms with Gasteiger partial charge in [0, 0.05) is 18.0 Å². The number of pyridine rings is 1. The molecule has 1 N–H and O–H groups in total. The van der Waals surface area contributed by atoms with E-state index in [1.54, 1.807) is 19.3 Å². The lowest BCUT2D eigenvalue weighted by molar-refractivity contribution is 0.102. The van der Waals surface area contributed by atoms with Gasteiger partial charge in [-0.15, -0.1) is 0 Å². The van der Waals surface area contributed by atoms with Crippen LogP contribution in [0.5, 0.6) is 0 Å². The fourth-order valence-corrected chi connectivity index (χ4v) is 1.87. The molecule has 1 atom stereocenters. The third-order valence-corrected chi connectivity index (χ3v) is 3.05. The number of rotatable bonds is 2. The van der Waals surface area contributed by atoms with E-state index in [1.807, 2.05) is 44.2 Å². The van der Waals surface area contributed by atoms with E-state index in [1.165, 1.54) is 5.56 Å². The summed E-state index contributed by atoms with van der Waals surface area (Å²) in [5.41, 5.74) is 2.95. The van der Waals surface area contributed by atoms with Crippen LogP contribution in [0.3, 0.4) is 0 Å². The maximum atomic E-state index is 10.6. The van der Waals surface area contributed by atoms with Crippen molar-refractivity contribution in [3.8, 4) is 0 Å². The molecule has 0 fully saturated rings. The van der Waals surface area contributed by atoms with Gasteiger partial charge in [-0.1, -0.05) is 29.8 Å². The zero-order valence-corrected chi connectivity index (χ0v) is 10.4. The van der Waals surface area contributed by atoms with Crippen molar-refractivity contribution < 1.29 is 5.11 Å². The minimum atomic E-state index is -0.993. The van der Waals surface area contributed by atoms with Crippen LogP contribution in [0.2, 0.25) is 0 Å². The van der Waals surface area contributed by atoms with E-state index < -0.39 is 5.60 Å². The summed E-state index contributed by atoms with van der Waals surface area (Å²) in [5, 5.41) is 10.6. The molecule has 1 aromatic carbocycles. The number of aromatic nitrogens is 1. The van der Waals surface area contributed by atoms with Gasteiger partial charge < -0.3 is 5.11 Å². The van der Waals surface area contributed by atoms with E-state index in [4.69, 9.17) is 0 Å². The predicted molar refractivity (Wildman–Crippen MR) is 68.8 cm³/mol. The highest BCUT2D eigenvalue weighted by molar-refractivity contribution is 5.36. The van der Waals surface area contributed by atoms with Gasteiger partial charge in [0.1, 0.15) is 5.60 Å². The first kappa shape index (κ1) is 11.8. The Morgan fingerprint density at radius 2 is 1.59 bits per heavy atom. The quantitative estimate of drug-likeness (QED) is 0.855. The Labute approximate surface area is 102 Å². The lowest BCUT2D eigenvalue weighted by atomic mass is 9.88. The molecule has 1 aromatic heterocycles. The first-order chi connectivity index (χ1) is 8.00. The Balaban J connectivity index is 2.45. The zero-order valence-electron chi connectivity index (χ0n) is 10.4. The van der Waals surface area contributed by atoms with Gasteiger partial charge in [0.25, 0.3) is 0 Å². The third kappa shape index (κ3) is 2.37. The van der Waals surface area contributed by atoms with Gasteiger partial charge >= 0.3 is 0 Å². The van der Waals surface area contributed by atoms with Crippen molar-refractivity contribution in [3.63, 3.8) is 0 Å². The molecule has 17 heavy (non-hydrogen) atoms. The molecular weight excluding hydrogens is 210 g/mol. The SMILES string of the molecule is Cc1ccc(C(C)(O)c2cncc(C)c2)cc1. The van der Waals surface area contributed by atoms with Crippen molar-refractivity contribution >= 4 is 0 Å². The number of aliphatic hydroxyl groups is 1. The first-order valence-corrected chi connectivity index (χ1v) is 5.72. The van der Waals surface area contributed by atoms with E-state index in [9.17, 15) is 5.11 Å². The van der Waals surface area contributed by atoms with Crippen LogP contribution in [0.25, 0.3) is 0 Å². The van der Waals surface area contributed by atoms with Gasteiger partial charge in [0.2, 0.25) is 0 Å². The molecule has 0 saturated heterocycles. The molecule has 0 aliphatic rings. The van der Waals surface area contributed by atoms with Crippen molar-refractivity contribution in [2.24, 2.45) is 0 Å². The van der Waals surface area contributed by atoms with Gasteiger partial charge in [-0.2, -0.15) is 0 Å². The molecule has 0 bridgehead atoms. The summed E-state index contributed by atoms with van der Waals surface area (Å²) in [7, 11) is 0. The van der Waals surface area contributed by atoms with Crippen molar-refractivity contribution in [2.45, 2.75) is 26.4 Å². The van der Waals surface area contributed by atoms with Gasteiger partial charge in [-0.25, -0.2) is 0 Å². The highest BCUT2D eigenvalue weighted by Gasteiger charge is 2.25. The minimum absolute atomic E-state index is 0.821. The average molecular weight is 227 g/mol. The molecule has 0 radical (unpaired) electrons. The van der Waals surface area contributed by atoms with E-state index >= 15 is 0 Å². The second-order valence-corrected chi connectivity index (χ2v) is 4.69. The molecule has 0 aliphatic heterocycles. The Kier molecular flexibility index (Phi) is 2.99. The highest BCUT2D eigenvalue weighted by atomic mass is 16.3. The molecule has 0 amide bonds. The predicted octanol–water partition coefficient (Wildman–Crippen LogP) is 2.95. The van der Waals surface area contributed by atoms with Crippen LogP contribution in [-0.4, -0.2) is 10.1 Å². The number of hydrogen-bond donors (Lipinski definition) is 1. The number of nitrogens with zero attached hydrogens (tertiary/aromatic N) is 1. The molecule has 88 valence electrons. The smallest absolute Gasteiger partial charge is 0.113 e. The van der Waals surface area contributed by atoms with Gasteiger partial charge in [-0.3, -0.25) is 4.98 Å². The Morgan fingerprint density at radius 1 is 0.941 bits per heavy atom. The van der Waals surface area contributed by atoms with Crippen molar-refractivity contribution in [1.82, 2.24) is 4.98 Å². The minimum Gasteiger partial charge on any atom is -0.381 e. The lowest BCUT2D eigenvalue weighted by Crippen LogP contribution is -2.23. The fourth-order valence-electron chi connectivity index (χ4n) is 1.87. The van der Waals surface area contributed by atoms with E-state index in [-0.39, 0.29) is 0 Å². The van der Waals surface area contributed by atoms with Crippen LogP contribution in [0, 0.1) is 13.8 Å². The lowest BCUT2D eigenvalue weighted by Gasteiger charge is -2.24. The molecule has 0 aliphatic carbocycles. The summed E-state index contributed by atoms with van der Waals surface area (Å²) >= 11 is 0. The molecule has 2 aromatic rings. The summed E-state index contributed by atoms with van der Waals surface area (Å²) in [5.74, 6) is 0. The Morgan fingerprint density at radius 3 is 2.18 bits per heavy atom. The van der Waals surface area contributed by atoms with Crippen LogP contribution in [0.4, 0.5) is 0 Å². The van der Waals surface area contributed by atoms with Crippen LogP contribution < -0.4 is 0 Å². The van der Waals surface area contributed by atoms with Crippen molar-refractivity contribution in [2.75, 3.05) is 0 Å². The second-order valence-electron chi connectivity index (χ2n) is 4.69. The largest absolute Gasteiger partial charge is 0.381 e. The van der Waals surface area contributed by atoms with Crippen LogP contribution in [0.15, 0.2) is 42.7 Å². The Hall–Kier alpha value is -1.67. The molecule has 2 rings (SSSR count). The molecule has 1 unspecified atom stereocenters. The molecule has 1 heterocycles. The van der Waals surface area contributed by atoms with Crippen LogP contribution in [-0.2, 0) is 5.60 Å². The summed E-state index contributed by atoms with van der Waals surface area (Å²) in [6, 6.07) is 9.89. The number of hydrogen-bond acceptors (Lipinski definition) is 2. The van der Waals surface area contributed by atoms with E-state index in [0.717, 1.165) is 16.7 Å². The zero-order chi connectivity index (χ0) is 12.5. The van der Waals surface area contributed by atoms with E-state index in [2.05, 4.69) is 4.98 Å². The molecule has 0 saturated carbocycles. The summed E-state index contributed by atoms with van der Waals surface area (Å²) in [6.45, 7) is 5.81. The first-order valence-electron chi connectivity index (χ1n) is 5.72. The average Bonchev–Trinajstić information content (AvgIpc) is 2.29. The summed E-state index contributed by atoms with van der Waals surface area (Å²) in [6.07, 6.45) is 3.50.